The molecule has 0 amide bonds. The van der Waals surface area contributed by atoms with Crippen molar-refractivity contribution < 1.29 is 48.1 Å². The SMILES string of the molecule is CC(=O)O/N=C(/CC1O[C@@H]2O[C@]3(C)CC[C@H]4[C@H](C)CC[C@@H]([C@H]1C)[C@@]24OO3)C[C@H]1O[C@@H]2O[C@]3(C)CC[C@H]4[C@H](C)CC[C@@H]([C@H]1C)[C@@]24OO3. The van der Waals surface area contributed by atoms with Gasteiger partial charge in [0.25, 0.3) is 0 Å². The van der Waals surface area contributed by atoms with Crippen LogP contribution in [0, 0.1) is 47.3 Å². The summed E-state index contributed by atoms with van der Waals surface area (Å²) in [7, 11) is 0. The van der Waals surface area contributed by atoms with Crippen LogP contribution in [0.2, 0.25) is 0 Å². The Morgan fingerprint density at radius 3 is 1.57 bits per heavy atom. The molecule has 4 bridgehead atoms. The molecule has 0 aromatic carbocycles. The smallest absolute Gasteiger partial charge is 0.331 e. The maximum absolute atomic E-state index is 12.0. The summed E-state index contributed by atoms with van der Waals surface area (Å²) >= 11 is 0. The molecule has 16 atom stereocenters. The lowest BCUT2D eigenvalue weighted by Crippen LogP contribution is -2.70. The number of carbonyl (C=O) groups excluding carboxylic acids is 1. The van der Waals surface area contributed by atoms with Crippen LogP contribution in [0.15, 0.2) is 5.16 Å². The van der Waals surface area contributed by atoms with Gasteiger partial charge in [-0.2, -0.15) is 0 Å². The number of carbonyl (C=O) groups is 1. The van der Waals surface area contributed by atoms with Gasteiger partial charge < -0.3 is 23.8 Å². The molecular formula is C35H53NO10. The molecule has 1 unspecified atom stereocenters. The van der Waals surface area contributed by atoms with Crippen molar-refractivity contribution >= 4 is 11.7 Å². The molecule has 8 aliphatic heterocycles. The molecule has 0 radical (unpaired) electrons. The van der Waals surface area contributed by atoms with E-state index in [1.54, 1.807) is 0 Å². The van der Waals surface area contributed by atoms with E-state index in [9.17, 15) is 4.79 Å². The van der Waals surface area contributed by atoms with E-state index in [-0.39, 0.29) is 35.9 Å². The topological polar surface area (TPSA) is 113 Å². The molecule has 10 fully saturated rings. The molecule has 258 valence electrons. The van der Waals surface area contributed by atoms with Crippen molar-refractivity contribution in [3.63, 3.8) is 0 Å². The van der Waals surface area contributed by atoms with Gasteiger partial charge in [0.05, 0.1) is 17.9 Å². The summed E-state index contributed by atoms with van der Waals surface area (Å²) in [5, 5.41) is 4.44. The van der Waals surface area contributed by atoms with Crippen molar-refractivity contribution in [3.8, 4) is 0 Å². The van der Waals surface area contributed by atoms with Crippen LogP contribution >= 0.6 is 0 Å². The Morgan fingerprint density at radius 2 is 1.13 bits per heavy atom. The summed E-state index contributed by atoms with van der Waals surface area (Å²) in [5.74, 6) is 0.142. The van der Waals surface area contributed by atoms with Gasteiger partial charge in [0, 0.05) is 44.4 Å². The number of hydrogen-bond acceptors (Lipinski definition) is 11. The molecule has 8 heterocycles. The molecule has 8 saturated heterocycles. The highest BCUT2D eigenvalue weighted by Crippen LogP contribution is 2.62. The first-order valence-electron chi connectivity index (χ1n) is 18.0. The number of nitrogens with zero attached hydrogens (tertiary/aromatic N) is 1. The predicted molar refractivity (Wildman–Crippen MR) is 162 cm³/mol. The van der Waals surface area contributed by atoms with Gasteiger partial charge in [0.1, 0.15) is 0 Å². The fourth-order valence-electron chi connectivity index (χ4n) is 11.2. The number of fused-ring (bicyclic) bond motifs is 4. The van der Waals surface area contributed by atoms with Crippen LogP contribution in [0.4, 0.5) is 0 Å². The normalized spacial score (nSPS) is 55.9. The van der Waals surface area contributed by atoms with Crippen molar-refractivity contribution in [2.75, 3.05) is 0 Å². The van der Waals surface area contributed by atoms with Gasteiger partial charge in [-0.1, -0.05) is 32.9 Å². The quantitative estimate of drug-likeness (QED) is 0.148. The summed E-state index contributed by atoms with van der Waals surface area (Å²) in [5.41, 5.74) is -0.522. The van der Waals surface area contributed by atoms with Crippen LogP contribution in [0.1, 0.15) is 113 Å². The van der Waals surface area contributed by atoms with Gasteiger partial charge in [0.15, 0.2) is 23.8 Å². The van der Waals surface area contributed by atoms with Crippen LogP contribution in [-0.4, -0.2) is 59.2 Å². The summed E-state index contributed by atoms with van der Waals surface area (Å²) in [6.07, 6.45) is 7.30. The number of hydrogen-bond donors (Lipinski definition) is 0. The van der Waals surface area contributed by atoms with Crippen molar-refractivity contribution in [1.82, 2.24) is 0 Å². The van der Waals surface area contributed by atoms with E-state index < -0.39 is 41.3 Å². The van der Waals surface area contributed by atoms with Gasteiger partial charge in [0.2, 0.25) is 11.6 Å². The standard InChI is InChI=1S/C35H53NO10/c1-18-8-10-26-20(3)28(38-30-34(26)24(18)12-14-32(6,40-30)43-45-34)16-23(36-42-22(5)37)17-29-21(4)27-11-9-19(2)25-13-15-33(7)41-31(39-29)35(25,27)46-44-33/h18-21,24-31H,8-17H2,1-7H3/b36-23-/t18-,19-,20-,21-,24+,25+,26+,27+,28?,29-,30-,31-,32+,33+,34-,35-/m1/s1. The van der Waals surface area contributed by atoms with E-state index >= 15 is 0 Å². The lowest BCUT2D eigenvalue weighted by atomic mass is 9.57. The highest BCUT2D eigenvalue weighted by Gasteiger charge is 2.71. The van der Waals surface area contributed by atoms with Gasteiger partial charge in [-0.15, -0.1) is 0 Å². The average Bonchev–Trinajstić information content (AvgIpc) is 3.38. The maximum atomic E-state index is 12.0. The highest BCUT2D eigenvalue weighted by atomic mass is 17.3. The predicted octanol–water partition coefficient (Wildman–Crippen LogP) is 6.19. The van der Waals surface area contributed by atoms with Gasteiger partial charge in [-0.05, 0) is 87.9 Å². The summed E-state index contributed by atoms with van der Waals surface area (Å²) < 4.78 is 27.0. The fourth-order valence-corrected chi connectivity index (χ4v) is 11.2. The zero-order chi connectivity index (χ0) is 32.2. The van der Waals surface area contributed by atoms with E-state index in [4.69, 9.17) is 43.3 Å². The lowest BCUT2D eigenvalue weighted by molar-refractivity contribution is -0.571. The number of ether oxygens (including phenoxy) is 4. The van der Waals surface area contributed by atoms with Gasteiger partial charge >= 0.3 is 5.97 Å². The fraction of sp³-hybridized carbons (Fsp3) is 0.943. The maximum Gasteiger partial charge on any atom is 0.331 e. The molecule has 2 spiro atoms. The molecule has 10 aliphatic rings. The summed E-state index contributed by atoms with van der Waals surface area (Å²) in [6.45, 7) is 14.4. The number of rotatable bonds is 5. The summed E-state index contributed by atoms with van der Waals surface area (Å²) in [6, 6.07) is 0. The Morgan fingerprint density at radius 1 is 0.674 bits per heavy atom. The lowest BCUT2D eigenvalue weighted by Gasteiger charge is -2.61. The van der Waals surface area contributed by atoms with Crippen LogP contribution < -0.4 is 0 Å². The van der Waals surface area contributed by atoms with Crippen LogP contribution in [0.5, 0.6) is 0 Å². The zero-order valence-corrected chi connectivity index (χ0v) is 28.5. The second-order valence-corrected chi connectivity index (χ2v) is 16.5. The van der Waals surface area contributed by atoms with Crippen molar-refractivity contribution in [2.45, 2.75) is 160 Å². The largest absolute Gasteiger partial charge is 0.345 e. The zero-order valence-electron chi connectivity index (χ0n) is 28.5. The molecule has 0 N–H and O–H groups in total. The molecule has 0 aromatic rings. The Kier molecular flexibility index (Phi) is 7.78. The third-order valence-electron chi connectivity index (χ3n) is 13.8. The Balaban J connectivity index is 1.06. The highest BCUT2D eigenvalue weighted by molar-refractivity contribution is 5.85. The van der Waals surface area contributed by atoms with E-state index in [1.165, 1.54) is 6.92 Å². The van der Waals surface area contributed by atoms with E-state index in [0.29, 0.717) is 36.5 Å². The third kappa shape index (κ3) is 4.73. The Bertz CT molecular complexity index is 1170. The van der Waals surface area contributed by atoms with Gasteiger partial charge in [-0.25, -0.2) is 24.3 Å². The molecule has 10 rings (SSSR count). The van der Waals surface area contributed by atoms with Crippen molar-refractivity contribution in [3.05, 3.63) is 0 Å². The second-order valence-electron chi connectivity index (χ2n) is 16.5. The Hall–Kier alpha value is -1.18. The van der Waals surface area contributed by atoms with Gasteiger partial charge in [-0.3, -0.25) is 0 Å². The molecule has 2 aliphatic carbocycles. The van der Waals surface area contributed by atoms with Crippen molar-refractivity contribution in [2.24, 2.45) is 52.5 Å². The first-order chi connectivity index (χ1) is 21.9. The molecule has 11 heteroatoms. The molecule has 11 nitrogen and oxygen atoms in total. The minimum atomic E-state index is -0.839. The minimum Gasteiger partial charge on any atom is -0.345 e. The van der Waals surface area contributed by atoms with Crippen molar-refractivity contribution in [1.29, 1.82) is 0 Å². The van der Waals surface area contributed by atoms with E-state index in [2.05, 4.69) is 32.9 Å². The first kappa shape index (κ1) is 32.0. The van der Waals surface area contributed by atoms with E-state index in [1.807, 2.05) is 13.8 Å². The third-order valence-corrected chi connectivity index (χ3v) is 13.8. The molecule has 0 aromatic heterocycles. The average molecular weight is 648 g/mol. The molecule has 2 saturated carbocycles. The first-order valence-corrected chi connectivity index (χ1v) is 18.0. The minimum absolute atomic E-state index is 0.142. The van der Waals surface area contributed by atoms with Crippen LogP contribution in [-0.2, 0) is 48.1 Å². The summed E-state index contributed by atoms with van der Waals surface area (Å²) in [4.78, 5) is 42.1. The number of oxime groups is 1. The second kappa shape index (κ2) is 11.2. The molecule has 46 heavy (non-hydrogen) atoms. The molecular weight excluding hydrogens is 594 g/mol. The Labute approximate surface area is 272 Å². The van der Waals surface area contributed by atoms with Crippen LogP contribution in [0.25, 0.3) is 0 Å². The monoisotopic (exact) mass is 647 g/mol. The van der Waals surface area contributed by atoms with E-state index in [0.717, 1.165) is 57.1 Å². The van der Waals surface area contributed by atoms with Crippen LogP contribution in [0.3, 0.4) is 0 Å².